The van der Waals surface area contributed by atoms with Crippen molar-refractivity contribution < 1.29 is 68.5 Å². The Morgan fingerprint density at radius 2 is 1.29 bits per heavy atom. The molecule has 0 aliphatic carbocycles. The second-order valence-electron chi connectivity index (χ2n) is 10.5. The fourth-order valence-electron chi connectivity index (χ4n) is 3.85. The maximum Gasteiger partial charge on any atom is 0.163 e. The molecule has 0 aromatic heterocycles. The molecular formula is C27H54O14. The lowest BCUT2D eigenvalue weighted by molar-refractivity contribution is -0.284. The summed E-state index contributed by atoms with van der Waals surface area (Å²) in [5, 5.41) is 57.2. The van der Waals surface area contributed by atoms with Crippen LogP contribution in [0.5, 0.6) is 0 Å². The highest BCUT2D eigenvalue weighted by atomic mass is 16.7. The minimum Gasteiger partial charge on any atom is -0.394 e. The minimum absolute atomic E-state index is 0.0264. The van der Waals surface area contributed by atoms with Crippen LogP contribution in [-0.2, 0) is 37.9 Å². The third-order valence-corrected chi connectivity index (χ3v) is 6.41. The van der Waals surface area contributed by atoms with E-state index in [0.717, 1.165) is 0 Å². The molecule has 1 heterocycles. The maximum atomic E-state index is 10.0. The predicted molar refractivity (Wildman–Crippen MR) is 145 cm³/mol. The van der Waals surface area contributed by atoms with Crippen molar-refractivity contribution >= 4 is 0 Å². The third-order valence-electron chi connectivity index (χ3n) is 6.41. The summed E-state index contributed by atoms with van der Waals surface area (Å²) in [5.74, 6) is -0.281. The van der Waals surface area contributed by atoms with Crippen molar-refractivity contribution in [1.82, 2.24) is 0 Å². The largest absolute Gasteiger partial charge is 0.394 e. The van der Waals surface area contributed by atoms with E-state index in [9.17, 15) is 25.5 Å². The quantitative estimate of drug-likeness (QED) is 0.0522. The van der Waals surface area contributed by atoms with E-state index in [4.69, 9.17) is 43.0 Å². The van der Waals surface area contributed by atoms with Crippen LogP contribution in [-0.4, -0.2) is 160 Å². The third kappa shape index (κ3) is 15.6. The van der Waals surface area contributed by atoms with Gasteiger partial charge in [-0.25, -0.2) is 0 Å². The Bertz CT molecular complexity index is 613. The Morgan fingerprint density at radius 1 is 0.732 bits per heavy atom. The normalized spacial score (nSPS) is 26.3. The number of hydrogen-bond acceptors (Lipinski definition) is 14. The Balaban J connectivity index is 1.99. The van der Waals surface area contributed by atoms with Gasteiger partial charge in [-0.3, -0.25) is 0 Å². The second-order valence-corrected chi connectivity index (χ2v) is 10.5. The van der Waals surface area contributed by atoms with Gasteiger partial charge in [-0.05, 0) is 0 Å². The maximum absolute atomic E-state index is 10.0. The van der Waals surface area contributed by atoms with Crippen LogP contribution in [0.3, 0.4) is 0 Å². The highest BCUT2D eigenvalue weighted by molar-refractivity contribution is 4.86. The molecule has 0 amide bonds. The number of rotatable bonds is 25. The summed E-state index contributed by atoms with van der Waals surface area (Å²) in [4.78, 5) is 0. The lowest BCUT2D eigenvalue weighted by Crippen LogP contribution is -2.55. The first-order chi connectivity index (χ1) is 19.7. The first-order valence-electron chi connectivity index (χ1n) is 14.4. The van der Waals surface area contributed by atoms with Crippen molar-refractivity contribution in [2.24, 2.45) is 17.8 Å². The molecule has 0 aromatic carbocycles. The average Bonchev–Trinajstić information content (AvgIpc) is 2.96. The molecular weight excluding hydrogens is 548 g/mol. The summed E-state index contributed by atoms with van der Waals surface area (Å²) in [6, 6.07) is 0. The molecule has 14 heteroatoms. The summed E-state index contributed by atoms with van der Waals surface area (Å²) in [7, 11) is 0. The topological polar surface area (TPSA) is 195 Å². The molecule has 0 bridgehead atoms. The van der Waals surface area contributed by atoms with E-state index >= 15 is 0 Å². The van der Waals surface area contributed by atoms with Crippen LogP contribution in [0.15, 0.2) is 0 Å². The molecule has 9 atom stereocenters. The second kappa shape index (κ2) is 22.9. The molecule has 0 spiro atoms. The molecule has 14 nitrogen and oxygen atoms in total. The molecule has 1 aliphatic heterocycles. The Hall–Kier alpha value is -0.560. The van der Waals surface area contributed by atoms with Gasteiger partial charge < -0.3 is 68.5 Å². The van der Waals surface area contributed by atoms with Gasteiger partial charge in [-0.1, -0.05) is 27.7 Å². The van der Waals surface area contributed by atoms with Crippen molar-refractivity contribution in [3.8, 4) is 0 Å². The number of hydrogen-bond donors (Lipinski definition) is 6. The van der Waals surface area contributed by atoms with Gasteiger partial charge in [0.25, 0.3) is 0 Å². The summed E-state index contributed by atoms with van der Waals surface area (Å²) >= 11 is 0. The van der Waals surface area contributed by atoms with E-state index in [2.05, 4.69) is 0 Å². The van der Waals surface area contributed by atoms with Crippen molar-refractivity contribution in [2.45, 2.75) is 70.8 Å². The molecule has 1 fully saturated rings. The zero-order valence-corrected chi connectivity index (χ0v) is 24.9. The molecule has 0 radical (unpaired) electrons. The Morgan fingerprint density at radius 3 is 1.83 bits per heavy atom. The van der Waals surface area contributed by atoms with Gasteiger partial charge in [-0.15, -0.1) is 0 Å². The van der Waals surface area contributed by atoms with Crippen LogP contribution in [0, 0.1) is 17.8 Å². The SMILES string of the molecule is CC(COCCOCCO[C@H](OC(CO)[C@H](O)CO)C(C)C)COCCOCCO[C@@H]1OC(CO)[C@H](O)C(O)[C@@H]1C. The van der Waals surface area contributed by atoms with Gasteiger partial charge in [0.1, 0.15) is 24.4 Å². The van der Waals surface area contributed by atoms with Crippen LogP contribution in [0.1, 0.15) is 27.7 Å². The smallest absolute Gasteiger partial charge is 0.163 e. The van der Waals surface area contributed by atoms with E-state index in [1.165, 1.54) is 0 Å². The van der Waals surface area contributed by atoms with Gasteiger partial charge in [0.05, 0.1) is 92.0 Å². The monoisotopic (exact) mass is 602 g/mol. The molecule has 0 aromatic rings. The van der Waals surface area contributed by atoms with E-state index in [1.54, 1.807) is 6.92 Å². The van der Waals surface area contributed by atoms with E-state index in [0.29, 0.717) is 52.9 Å². The van der Waals surface area contributed by atoms with Crippen LogP contribution in [0.4, 0.5) is 0 Å². The van der Waals surface area contributed by atoms with Gasteiger partial charge in [0.15, 0.2) is 12.6 Å². The fourth-order valence-corrected chi connectivity index (χ4v) is 3.85. The zero-order valence-electron chi connectivity index (χ0n) is 24.9. The molecule has 1 rings (SSSR count). The molecule has 246 valence electrons. The molecule has 6 N–H and O–H groups in total. The fraction of sp³-hybridized carbons (Fsp3) is 1.00. The molecule has 1 saturated heterocycles. The van der Waals surface area contributed by atoms with Crippen molar-refractivity contribution in [2.75, 3.05) is 85.9 Å². The molecule has 1 aliphatic rings. The van der Waals surface area contributed by atoms with E-state index in [-0.39, 0.29) is 25.0 Å². The van der Waals surface area contributed by atoms with E-state index in [1.807, 2.05) is 20.8 Å². The van der Waals surface area contributed by atoms with Crippen molar-refractivity contribution in [3.05, 3.63) is 0 Å². The highest BCUT2D eigenvalue weighted by Crippen LogP contribution is 2.26. The van der Waals surface area contributed by atoms with Gasteiger partial charge >= 0.3 is 0 Å². The molecule has 0 saturated carbocycles. The Kier molecular flexibility index (Phi) is 21.5. The lowest BCUT2D eigenvalue weighted by Gasteiger charge is -2.40. The molecule has 4 unspecified atom stereocenters. The zero-order chi connectivity index (χ0) is 30.6. The van der Waals surface area contributed by atoms with Crippen LogP contribution in [0.2, 0.25) is 0 Å². The molecule has 41 heavy (non-hydrogen) atoms. The standard InChI is InChI=1S/C27H54O14/c1-18(2)26(40-22(14-29)21(31)13-28)38-11-9-34-5-7-36-16-19(3)17-37-8-6-35-10-12-39-27-20(4)24(32)25(33)23(15-30)41-27/h18-33H,5-17H2,1-4H3/t19?,20-,21+,22?,23?,24?,25-,26+,27+/m0/s1. The minimum atomic E-state index is -1.19. The summed E-state index contributed by atoms with van der Waals surface area (Å²) in [6.07, 6.45) is -6.58. The van der Waals surface area contributed by atoms with Gasteiger partial charge in [0.2, 0.25) is 0 Å². The van der Waals surface area contributed by atoms with Gasteiger partial charge in [-0.2, -0.15) is 0 Å². The lowest BCUT2D eigenvalue weighted by atomic mass is 9.92. The number of aliphatic hydroxyl groups excluding tert-OH is 6. The summed E-state index contributed by atoms with van der Waals surface area (Å²) in [5.41, 5.74) is 0. The van der Waals surface area contributed by atoms with Gasteiger partial charge in [0, 0.05) is 17.8 Å². The van der Waals surface area contributed by atoms with Crippen molar-refractivity contribution in [3.63, 3.8) is 0 Å². The first kappa shape index (κ1) is 38.5. The summed E-state index contributed by atoms with van der Waals surface area (Å²) < 4.78 is 44.5. The van der Waals surface area contributed by atoms with Crippen LogP contribution < -0.4 is 0 Å². The highest BCUT2D eigenvalue weighted by Gasteiger charge is 2.42. The first-order valence-corrected chi connectivity index (χ1v) is 14.4. The van der Waals surface area contributed by atoms with Crippen LogP contribution in [0.25, 0.3) is 0 Å². The predicted octanol–water partition coefficient (Wildman–Crippen LogP) is -1.49. The average molecular weight is 603 g/mol. The Labute approximate surface area is 243 Å². The number of aliphatic hydroxyl groups is 6. The van der Waals surface area contributed by atoms with Crippen LogP contribution >= 0.6 is 0 Å². The van der Waals surface area contributed by atoms with E-state index < -0.39 is 68.8 Å². The summed E-state index contributed by atoms with van der Waals surface area (Å²) in [6.45, 7) is 9.93. The van der Waals surface area contributed by atoms with Crippen molar-refractivity contribution in [1.29, 1.82) is 0 Å². The number of ether oxygens (including phenoxy) is 8.